The number of aliphatic carboxylic acids is 1. The normalized spacial score (nSPS) is 9.95. The highest BCUT2D eigenvalue weighted by Gasteiger charge is 2.03. The van der Waals surface area contributed by atoms with Gasteiger partial charge in [-0.3, -0.25) is 4.79 Å². The smallest absolute Gasteiger partial charge is 0.341 e. The first-order valence-electron chi connectivity index (χ1n) is 6.07. The zero-order valence-corrected chi connectivity index (χ0v) is 10.8. The molecule has 6 nitrogen and oxygen atoms in total. The van der Waals surface area contributed by atoms with E-state index in [9.17, 15) is 9.59 Å². The average Bonchev–Trinajstić information content (AvgIpc) is 2.38. The van der Waals surface area contributed by atoms with Crippen LogP contribution in [0, 0.1) is 0 Å². The van der Waals surface area contributed by atoms with Gasteiger partial charge in [-0.2, -0.15) is 0 Å². The molecule has 1 rings (SSSR count). The minimum Gasteiger partial charge on any atom is -0.482 e. The fraction of sp³-hybridized carbons (Fsp3) is 0.385. The molecule has 104 valence electrons. The topological polar surface area (TPSA) is 87.7 Å². The van der Waals surface area contributed by atoms with E-state index in [0.29, 0.717) is 24.4 Å². The Hall–Kier alpha value is -2.08. The first-order valence-corrected chi connectivity index (χ1v) is 6.07. The molecular formula is C13H18N2O4. The van der Waals surface area contributed by atoms with E-state index >= 15 is 0 Å². The summed E-state index contributed by atoms with van der Waals surface area (Å²) in [6.45, 7) is 3.08. The second-order valence-corrected chi connectivity index (χ2v) is 3.86. The highest BCUT2D eigenvalue weighted by molar-refractivity contribution is 5.90. The van der Waals surface area contributed by atoms with Crippen LogP contribution in [0.5, 0.6) is 5.75 Å². The fourth-order valence-corrected chi connectivity index (χ4v) is 1.38. The number of benzene rings is 1. The molecule has 0 unspecified atom stereocenters. The van der Waals surface area contributed by atoms with Crippen LogP contribution in [0.4, 0.5) is 5.69 Å². The average molecular weight is 266 g/mol. The number of hydrogen-bond donors (Lipinski definition) is 3. The summed E-state index contributed by atoms with van der Waals surface area (Å²) in [5.41, 5.74) is 0.657. The van der Waals surface area contributed by atoms with Crippen LogP contribution in [-0.2, 0) is 9.59 Å². The van der Waals surface area contributed by atoms with Gasteiger partial charge < -0.3 is 20.5 Å². The fourth-order valence-electron chi connectivity index (χ4n) is 1.38. The van der Waals surface area contributed by atoms with Gasteiger partial charge in [0.15, 0.2) is 6.61 Å². The Kier molecular flexibility index (Phi) is 6.38. The predicted octanol–water partition coefficient (Wildman–Crippen LogP) is 1.09. The number of rotatable bonds is 8. The van der Waals surface area contributed by atoms with E-state index in [-0.39, 0.29) is 12.5 Å². The Labute approximate surface area is 111 Å². The van der Waals surface area contributed by atoms with Crippen LogP contribution in [-0.4, -0.2) is 36.7 Å². The second kappa shape index (κ2) is 8.10. The van der Waals surface area contributed by atoms with Gasteiger partial charge in [0.05, 0.1) is 0 Å². The molecule has 6 heteroatoms. The lowest BCUT2D eigenvalue weighted by Crippen LogP contribution is -2.21. The maximum absolute atomic E-state index is 11.5. The zero-order chi connectivity index (χ0) is 14.1. The summed E-state index contributed by atoms with van der Waals surface area (Å²) < 4.78 is 4.98. The highest BCUT2D eigenvalue weighted by atomic mass is 16.5. The van der Waals surface area contributed by atoms with Gasteiger partial charge in [-0.25, -0.2) is 4.79 Å². The molecule has 0 saturated carbocycles. The van der Waals surface area contributed by atoms with Crippen LogP contribution in [0.25, 0.3) is 0 Å². The number of ether oxygens (including phenoxy) is 1. The van der Waals surface area contributed by atoms with Crippen LogP contribution < -0.4 is 15.4 Å². The van der Waals surface area contributed by atoms with Crippen molar-refractivity contribution in [2.24, 2.45) is 0 Å². The molecule has 0 atom stereocenters. The summed E-state index contributed by atoms with van der Waals surface area (Å²) in [6, 6.07) is 6.57. The van der Waals surface area contributed by atoms with Crippen molar-refractivity contribution in [2.45, 2.75) is 13.3 Å². The van der Waals surface area contributed by atoms with Crippen LogP contribution in [0.2, 0.25) is 0 Å². The molecule has 0 heterocycles. The zero-order valence-electron chi connectivity index (χ0n) is 10.8. The first kappa shape index (κ1) is 15.0. The van der Waals surface area contributed by atoms with E-state index in [2.05, 4.69) is 10.6 Å². The summed E-state index contributed by atoms with van der Waals surface area (Å²) in [6.07, 6.45) is 0.408. The molecule has 1 aromatic carbocycles. The van der Waals surface area contributed by atoms with Crippen molar-refractivity contribution in [1.82, 2.24) is 5.32 Å². The van der Waals surface area contributed by atoms with Crippen molar-refractivity contribution < 1.29 is 19.4 Å². The van der Waals surface area contributed by atoms with E-state index in [0.717, 1.165) is 6.54 Å². The minimum absolute atomic E-state index is 0.0693. The maximum Gasteiger partial charge on any atom is 0.341 e. The molecule has 19 heavy (non-hydrogen) atoms. The van der Waals surface area contributed by atoms with Crippen molar-refractivity contribution in [3.8, 4) is 5.75 Å². The predicted molar refractivity (Wildman–Crippen MR) is 71.4 cm³/mol. The largest absolute Gasteiger partial charge is 0.482 e. The molecule has 0 spiro atoms. The molecule has 0 bridgehead atoms. The van der Waals surface area contributed by atoms with Gasteiger partial charge in [-0.1, -0.05) is 6.92 Å². The van der Waals surface area contributed by atoms with Crippen LogP contribution in [0.15, 0.2) is 24.3 Å². The molecule has 0 saturated heterocycles. The summed E-state index contributed by atoms with van der Waals surface area (Å²) in [5.74, 6) is -0.644. The lowest BCUT2D eigenvalue weighted by Gasteiger charge is -2.07. The van der Waals surface area contributed by atoms with Gasteiger partial charge in [-0.05, 0) is 30.8 Å². The number of nitrogens with one attached hydrogen (secondary N) is 2. The number of carbonyl (C=O) groups excluding carboxylic acids is 1. The van der Waals surface area contributed by atoms with Crippen molar-refractivity contribution in [3.63, 3.8) is 0 Å². The highest BCUT2D eigenvalue weighted by Crippen LogP contribution is 2.15. The number of amides is 1. The van der Waals surface area contributed by atoms with Gasteiger partial charge in [0, 0.05) is 18.7 Å². The minimum atomic E-state index is -1.03. The molecule has 0 aliphatic carbocycles. The van der Waals surface area contributed by atoms with Gasteiger partial charge in [0.25, 0.3) is 0 Å². The van der Waals surface area contributed by atoms with E-state index in [4.69, 9.17) is 9.84 Å². The molecular weight excluding hydrogens is 248 g/mol. The molecule has 0 aliphatic heterocycles. The monoisotopic (exact) mass is 266 g/mol. The Balaban J connectivity index is 2.39. The first-order chi connectivity index (χ1) is 9.11. The van der Waals surface area contributed by atoms with Crippen LogP contribution >= 0.6 is 0 Å². The summed E-state index contributed by atoms with van der Waals surface area (Å²) in [5, 5.41) is 14.3. The van der Waals surface area contributed by atoms with Gasteiger partial charge in [0.2, 0.25) is 5.91 Å². The molecule has 1 amide bonds. The molecule has 0 aromatic heterocycles. The third-order valence-corrected chi connectivity index (χ3v) is 2.28. The van der Waals surface area contributed by atoms with Crippen LogP contribution in [0.1, 0.15) is 13.3 Å². The number of carboxylic acid groups (broad SMARTS) is 1. The molecule has 0 aliphatic rings. The summed E-state index contributed by atoms with van der Waals surface area (Å²) in [4.78, 5) is 21.8. The Morgan fingerprint density at radius 2 is 1.95 bits per heavy atom. The third-order valence-electron chi connectivity index (χ3n) is 2.28. The van der Waals surface area contributed by atoms with Crippen molar-refractivity contribution in [3.05, 3.63) is 24.3 Å². The second-order valence-electron chi connectivity index (χ2n) is 3.86. The molecule has 0 fully saturated rings. The quantitative estimate of drug-likeness (QED) is 0.613. The molecule has 3 N–H and O–H groups in total. The van der Waals surface area contributed by atoms with Gasteiger partial charge in [0.1, 0.15) is 5.75 Å². The van der Waals surface area contributed by atoms with E-state index in [1.165, 1.54) is 0 Å². The Morgan fingerprint density at radius 1 is 1.26 bits per heavy atom. The molecule has 0 radical (unpaired) electrons. The van der Waals surface area contributed by atoms with E-state index < -0.39 is 5.97 Å². The van der Waals surface area contributed by atoms with E-state index in [1.54, 1.807) is 24.3 Å². The lowest BCUT2D eigenvalue weighted by atomic mass is 10.3. The SMILES string of the molecule is CCNCCC(=O)Nc1ccc(OCC(=O)O)cc1. The standard InChI is InChI=1S/C13H18N2O4/c1-2-14-8-7-12(16)15-10-3-5-11(6-4-10)19-9-13(17)18/h3-6,14H,2,7-9H2,1H3,(H,15,16)(H,17,18). The van der Waals surface area contributed by atoms with Gasteiger partial charge >= 0.3 is 5.97 Å². The Bertz CT molecular complexity index is 417. The summed E-state index contributed by atoms with van der Waals surface area (Å²) in [7, 11) is 0. The van der Waals surface area contributed by atoms with E-state index in [1.807, 2.05) is 6.92 Å². The number of anilines is 1. The van der Waals surface area contributed by atoms with Gasteiger partial charge in [-0.15, -0.1) is 0 Å². The number of carbonyl (C=O) groups is 2. The third kappa shape index (κ3) is 6.42. The maximum atomic E-state index is 11.5. The van der Waals surface area contributed by atoms with Crippen molar-refractivity contribution >= 4 is 17.6 Å². The Morgan fingerprint density at radius 3 is 2.53 bits per heavy atom. The number of hydrogen-bond acceptors (Lipinski definition) is 4. The van der Waals surface area contributed by atoms with Crippen molar-refractivity contribution in [2.75, 3.05) is 25.0 Å². The number of carboxylic acids is 1. The molecule has 1 aromatic rings. The lowest BCUT2D eigenvalue weighted by molar-refractivity contribution is -0.139. The summed E-state index contributed by atoms with van der Waals surface area (Å²) >= 11 is 0. The van der Waals surface area contributed by atoms with Crippen LogP contribution in [0.3, 0.4) is 0 Å². The van der Waals surface area contributed by atoms with Crippen molar-refractivity contribution in [1.29, 1.82) is 0 Å².